The van der Waals surface area contributed by atoms with Crippen LogP contribution in [0.25, 0.3) is 0 Å². The van der Waals surface area contributed by atoms with Crippen LogP contribution in [-0.4, -0.2) is 21.8 Å². The van der Waals surface area contributed by atoms with E-state index < -0.39 is 0 Å². The second kappa shape index (κ2) is 6.58. The Kier molecular flexibility index (Phi) is 5.06. The SMILES string of the molecule is CCn1c(C)cc(CNC2CCCCCC2O)c1C. The number of aliphatic hydroxyl groups excluding tert-OH is 1. The van der Waals surface area contributed by atoms with E-state index in [1.54, 1.807) is 0 Å². The van der Waals surface area contributed by atoms with Crippen LogP contribution in [0.3, 0.4) is 0 Å². The van der Waals surface area contributed by atoms with Crippen LogP contribution in [0, 0.1) is 13.8 Å². The van der Waals surface area contributed by atoms with Gasteiger partial charge >= 0.3 is 0 Å². The number of aryl methyl sites for hydroxylation is 1. The highest BCUT2D eigenvalue weighted by molar-refractivity contribution is 5.26. The number of aromatic nitrogens is 1. The average Bonchev–Trinajstić information content (AvgIpc) is 2.54. The van der Waals surface area contributed by atoms with Crippen molar-refractivity contribution in [1.29, 1.82) is 0 Å². The fourth-order valence-corrected chi connectivity index (χ4v) is 3.31. The summed E-state index contributed by atoms with van der Waals surface area (Å²) >= 11 is 0. The summed E-state index contributed by atoms with van der Waals surface area (Å²) in [6.07, 6.45) is 5.56. The van der Waals surface area contributed by atoms with Gasteiger partial charge in [0.05, 0.1) is 6.10 Å². The van der Waals surface area contributed by atoms with Crippen LogP contribution < -0.4 is 5.32 Å². The van der Waals surface area contributed by atoms with E-state index in [1.165, 1.54) is 36.2 Å². The Balaban J connectivity index is 1.98. The Morgan fingerprint density at radius 1 is 1.26 bits per heavy atom. The van der Waals surface area contributed by atoms with Gasteiger partial charge in [0.25, 0.3) is 0 Å². The highest BCUT2D eigenvalue weighted by Gasteiger charge is 2.21. The Hall–Kier alpha value is -0.800. The molecule has 2 N–H and O–H groups in total. The highest BCUT2D eigenvalue weighted by atomic mass is 16.3. The van der Waals surface area contributed by atoms with E-state index in [0.29, 0.717) is 0 Å². The molecule has 1 aromatic heterocycles. The van der Waals surface area contributed by atoms with Crippen molar-refractivity contribution < 1.29 is 5.11 Å². The van der Waals surface area contributed by atoms with Gasteiger partial charge in [-0.15, -0.1) is 0 Å². The molecule has 1 aromatic rings. The first-order valence-corrected chi connectivity index (χ1v) is 7.70. The lowest BCUT2D eigenvalue weighted by molar-refractivity contribution is 0.119. The number of aliphatic hydroxyl groups is 1. The van der Waals surface area contributed by atoms with Gasteiger partial charge < -0.3 is 15.0 Å². The number of rotatable bonds is 4. The van der Waals surface area contributed by atoms with Gasteiger partial charge in [-0.25, -0.2) is 0 Å². The molecular formula is C16H28N2O. The lowest BCUT2D eigenvalue weighted by Crippen LogP contribution is -2.38. The fourth-order valence-electron chi connectivity index (χ4n) is 3.31. The van der Waals surface area contributed by atoms with E-state index in [4.69, 9.17) is 0 Å². The second-order valence-corrected chi connectivity index (χ2v) is 5.83. The van der Waals surface area contributed by atoms with Gasteiger partial charge in [0, 0.05) is 30.5 Å². The van der Waals surface area contributed by atoms with Crippen LogP contribution >= 0.6 is 0 Å². The predicted octanol–water partition coefficient (Wildman–Crippen LogP) is 2.91. The molecule has 0 amide bonds. The molecule has 0 saturated heterocycles. The molecule has 1 aliphatic carbocycles. The molecule has 1 saturated carbocycles. The molecule has 0 aliphatic heterocycles. The van der Waals surface area contributed by atoms with Crippen LogP contribution in [-0.2, 0) is 13.1 Å². The first-order chi connectivity index (χ1) is 9.13. The third-order valence-electron chi connectivity index (χ3n) is 4.53. The van der Waals surface area contributed by atoms with Crippen LogP contribution in [0.2, 0.25) is 0 Å². The lowest BCUT2D eigenvalue weighted by atomic mass is 10.1. The van der Waals surface area contributed by atoms with Gasteiger partial charge in [-0.1, -0.05) is 19.3 Å². The Bertz CT molecular complexity index is 411. The van der Waals surface area contributed by atoms with Crippen molar-refractivity contribution in [3.05, 3.63) is 23.0 Å². The molecule has 2 rings (SSSR count). The fraction of sp³-hybridized carbons (Fsp3) is 0.750. The van der Waals surface area contributed by atoms with E-state index in [2.05, 4.69) is 36.7 Å². The van der Waals surface area contributed by atoms with E-state index in [0.717, 1.165) is 25.9 Å². The quantitative estimate of drug-likeness (QED) is 0.821. The zero-order valence-electron chi connectivity index (χ0n) is 12.6. The molecule has 1 fully saturated rings. The van der Waals surface area contributed by atoms with Crippen LogP contribution in [0.15, 0.2) is 6.07 Å². The lowest BCUT2D eigenvalue weighted by Gasteiger charge is -2.21. The zero-order valence-corrected chi connectivity index (χ0v) is 12.6. The normalized spacial score (nSPS) is 24.4. The maximum Gasteiger partial charge on any atom is 0.0693 e. The molecular weight excluding hydrogens is 236 g/mol. The molecule has 108 valence electrons. The van der Waals surface area contributed by atoms with Gasteiger partial charge in [-0.05, 0) is 45.2 Å². The minimum atomic E-state index is -0.169. The van der Waals surface area contributed by atoms with Gasteiger partial charge in [-0.3, -0.25) is 0 Å². The first-order valence-electron chi connectivity index (χ1n) is 7.70. The number of hydrogen-bond donors (Lipinski definition) is 2. The van der Waals surface area contributed by atoms with Gasteiger partial charge in [0.2, 0.25) is 0 Å². The smallest absolute Gasteiger partial charge is 0.0693 e. The molecule has 3 heteroatoms. The van der Waals surface area contributed by atoms with Gasteiger partial charge in [0.15, 0.2) is 0 Å². The van der Waals surface area contributed by atoms with E-state index in [-0.39, 0.29) is 12.1 Å². The summed E-state index contributed by atoms with van der Waals surface area (Å²) in [6.45, 7) is 8.45. The van der Waals surface area contributed by atoms with Crippen molar-refractivity contribution in [2.75, 3.05) is 0 Å². The van der Waals surface area contributed by atoms with Crippen molar-refractivity contribution in [2.24, 2.45) is 0 Å². The molecule has 1 aliphatic rings. The topological polar surface area (TPSA) is 37.2 Å². The molecule has 1 heterocycles. The maximum absolute atomic E-state index is 10.1. The zero-order chi connectivity index (χ0) is 13.8. The Labute approximate surface area is 117 Å². The number of hydrogen-bond acceptors (Lipinski definition) is 2. The van der Waals surface area contributed by atoms with Crippen LogP contribution in [0.4, 0.5) is 0 Å². The molecule has 19 heavy (non-hydrogen) atoms. The number of nitrogens with one attached hydrogen (secondary N) is 1. The third kappa shape index (κ3) is 3.40. The summed E-state index contributed by atoms with van der Waals surface area (Å²) in [4.78, 5) is 0. The Morgan fingerprint density at radius 2 is 2.00 bits per heavy atom. The van der Waals surface area contributed by atoms with E-state index >= 15 is 0 Å². The summed E-state index contributed by atoms with van der Waals surface area (Å²) in [7, 11) is 0. The molecule has 2 atom stereocenters. The molecule has 0 radical (unpaired) electrons. The van der Waals surface area contributed by atoms with Crippen molar-refractivity contribution in [1.82, 2.24) is 9.88 Å². The van der Waals surface area contributed by atoms with Gasteiger partial charge in [-0.2, -0.15) is 0 Å². The summed E-state index contributed by atoms with van der Waals surface area (Å²) in [5.41, 5.74) is 4.06. The summed E-state index contributed by atoms with van der Waals surface area (Å²) in [5.74, 6) is 0. The minimum absolute atomic E-state index is 0.169. The maximum atomic E-state index is 10.1. The van der Waals surface area contributed by atoms with Crippen molar-refractivity contribution in [3.63, 3.8) is 0 Å². The van der Waals surface area contributed by atoms with E-state index in [1.807, 2.05) is 0 Å². The molecule has 0 bridgehead atoms. The van der Waals surface area contributed by atoms with Crippen molar-refractivity contribution in [2.45, 2.75) is 78.1 Å². The summed E-state index contributed by atoms with van der Waals surface area (Å²) < 4.78 is 2.35. The predicted molar refractivity (Wildman–Crippen MR) is 79.3 cm³/mol. The van der Waals surface area contributed by atoms with Gasteiger partial charge in [0.1, 0.15) is 0 Å². The summed E-state index contributed by atoms with van der Waals surface area (Å²) in [5, 5.41) is 13.7. The summed E-state index contributed by atoms with van der Waals surface area (Å²) in [6, 6.07) is 2.54. The van der Waals surface area contributed by atoms with Crippen LogP contribution in [0.5, 0.6) is 0 Å². The monoisotopic (exact) mass is 264 g/mol. The molecule has 0 spiro atoms. The number of nitrogens with zero attached hydrogens (tertiary/aromatic N) is 1. The third-order valence-corrected chi connectivity index (χ3v) is 4.53. The average molecular weight is 264 g/mol. The molecule has 0 aromatic carbocycles. The minimum Gasteiger partial charge on any atom is -0.392 e. The van der Waals surface area contributed by atoms with Crippen LogP contribution in [0.1, 0.15) is 56.0 Å². The second-order valence-electron chi connectivity index (χ2n) is 5.83. The highest BCUT2D eigenvalue weighted by Crippen LogP contribution is 2.20. The largest absolute Gasteiger partial charge is 0.392 e. The molecule has 2 unspecified atom stereocenters. The van der Waals surface area contributed by atoms with E-state index in [9.17, 15) is 5.11 Å². The van der Waals surface area contributed by atoms with Crippen molar-refractivity contribution in [3.8, 4) is 0 Å². The Morgan fingerprint density at radius 3 is 2.68 bits per heavy atom. The van der Waals surface area contributed by atoms with Crippen molar-refractivity contribution >= 4 is 0 Å². The standard InChI is InChI=1S/C16H28N2O/c1-4-18-12(2)10-14(13(18)3)11-17-15-8-6-5-7-9-16(15)19/h10,15-17,19H,4-9,11H2,1-3H3. The molecule has 3 nitrogen and oxygen atoms in total. The first kappa shape index (κ1) is 14.6.